The van der Waals surface area contributed by atoms with E-state index in [4.69, 9.17) is 10.00 Å². The lowest BCUT2D eigenvalue weighted by Crippen LogP contribution is -1.97. The lowest BCUT2D eigenvalue weighted by Gasteiger charge is -2.08. The third kappa shape index (κ3) is 3.43. The first-order valence-electron chi connectivity index (χ1n) is 5.97. The maximum absolute atomic E-state index is 10.5. The van der Waals surface area contributed by atoms with Gasteiger partial charge in [-0.2, -0.15) is 5.26 Å². The Morgan fingerprint density at radius 3 is 2.63 bits per heavy atom. The van der Waals surface area contributed by atoms with E-state index in [9.17, 15) is 4.79 Å². The monoisotopic (exact) mass is 251 g/mol. The molecule has 19 heavy (non-hydrogen) atoms. The summed E-state index contributed by atoms with van der Waals surface area (Å²) in [5, 5.41) is 9.03. The molecular weight excluding hydrogens is 238 g/mol. The second kappa shape index (κ2) is 6.36. The highest BCUT2D eigenvalue weighted by atomic mass is 16.5. The van der Waals surface area contributed by atoms with Gasteiger partial charge in [-0.05, 0) is 23.3 Å². The quantitative estimate of drug-likeness (QED) is 0.768. The number of carbonyl (C=O) groups is 1. The van der Waals surface area contributed by atoms with Gasteiger partial charge < -0.3 is 9.53 Å². The third-order valence-corrected chi connectivity index (χ3v) is 2.75. The van der Waals surface area contributed by atoms with Crippen molar-refractivity contribution in [3.63, 3.8) is 0 Å². The van der Waals surface area contributed by atoms with Crippen molar-refractivity contribution in [2.45, 2.75) is 13.0 Å². The first-order chi connectivity index (χ1) is 9.33. The van der Waals surface area contributed by atoms with E-state index < -0.39 is 0 Å². The highest BCUT2D eigenvalue weighted by molar-refractivity contribution is 5.58. The summed E-state index contributed by atoms with van der Waals surface area (Å²) in [4.78, 5) is 10.5. The Morgan fingerprint density at radius 2 is 1.95 bits per heavy atom. The smallest absolute Gasteiger partial charge is 0.124 e. The molecule has 0 fully saturated rings. The van der Waals surface area contributed by atoms with Crippen LogP contribution in [0, 0.1) is 11.3 Å². The van der Waals surface area contributed by atoms with Crippen LogP contribution in [-0.4, -0.2) is 6.29 Å². The van der Waals surface area contributed by atoms with Gasteiger partial charge in [0.25, 0.3) is 0 Å². The molecule has 0 aliphatic carbocycles. The molecule has 0 aliphatic heterocycles. The molecule has 0 N–H and O–H groups in total. The zero-order valence-corrected chi connectivity index (χ0v) is 10.4. The summed E-state index contributed by atoms with van der Waals surface area (Å²) >= 11 is 0. The molecule has 0 radical (unpaired) electrons. The lowest BCUT2D eigenvalue weighted by molar-refractivity contribution is -0.107. The fraction of sp³-hybridized carbons (Fsp3) is 0.125. The minimum atomic E-state index is 0.252. The highest BCUT2D eigenvalue weighted by Crippen LogP contribution is 2.18. The predicted molar refractivity (Wildman–Crippen MR) is 71.7 cm³/mol. The standard InChI is InChI=1S/C16H13NO2/c17-11-15-10-16(7-6-14(15)8-9-18)19-12-13-4-2-1-3-5-13/h1-7,9-10H,8,12H2. The van der Waals surface area contributed by atoms with E-state index in [2.05, 4.69) is 6.07 Å². The summed E-state index contributed by atoms with van der Waals surface area (Å²) in [5.74, 6) is 0.634. The first-order valence-corrected chi connectivity index (χ1v) is 5.97. The van der Waals surface area contributed by atoms with Crippen molar-refractivity contribution in [3.05, 3.63) is 65.2 Å². The average molecular weight is 251 g/mol. The maximum Gasteiger partial charge on any atom is 0.124 e. The third-order valence-electron chi connectivity index (χ3n) is 2.75. The molecule has 0 unspecified atom stereocenters. The zero-order chi connectivity index (χ0) is 13.5. The van der Waals surface area contributed by atoms with Crippen molar-refractivity contribution in [2.75, 3.05) is 0 Å². The molecule has 2 aromatic carbocycles. The molecule has 0 atom stereocenters. The zero-order valence-electron chi connectivity index (χ0n) is 10.4. The topological polar surface area (TPSA) is 50.1 Å². The van der Waals surface area contributed by atoms with E-state index in [-0.39, 0.29) is 6.42 Å². The van der Waals surface area contributed by atoms with Gasteiger partial charge in [-0.25, -0.2) is 0 Å². The van der Waals surface area contributed by atoms with Crippen LogP contribution < -0.4 is 4.74 Å². The Bertz CT molecular complexity index is 600. The molecule has 0 bridgehead atoms. The number of hydrogen-bond donors (Lipinski definition) is 0. The second-order valence-corrected chi connectivity index (χ2v) is 4.08. The normalized spacial score (nSPS) is 9.63. The minimum absolute atomic E-state index is 0.252. The molecule has 0 saturated heterocycles. The summed E-state index contributed by atoms with van der Waals surface area (Å²) in [5.41, 5.74) is 2.28. The molecule has 0 aliphatic rings. The van der Waals surface area contributed by atoms with Gasteiger partial charge in [0, 0.05) is 6.42 Å². The SMILES string of the molecule is N#Cc1cc(OCc2ccccc2)ccc1CC=O. The summed E-state index contributed by atoms with van der Waals surface area (Å²) in [6, 6.07) is 17.1. The number of nitriles is 1. The molecule has 0 amide bonds. The number of carbonyl (C=O) groups excluding carboxylic acids is 1. The largest absolute Gasteiger partial charge is 0.489 e. The average Bonchev–Trinajstić information content (AvgIpc) is 2.47. The molecule has 0 spiro atoms. The minimum Gasteiger partial charge on any atom is -0.489 e. The van der Waals surface area contributed by atoms with Gasteiger partial charge in [0.1, 0.15) is 18.6 Å². The second-order valence-electron chi connectivity index (χ2n) is 4.08. The van der Waals surface area contributed by atoms with Crippen LogP contribution in [0.15, 0.2) is 48.5 Å². The molecule has 3 nitrogen and oxygen atoms in total. The van der Waals surface area contributed by atoms with E-state index in [0.717, 1.165) is 17.4 Å². The van der Waals surface area contributed by atoms with Crippen LogP contribution in [-0.2, 0) is 17.8 Å². The molecule has 0 heterocycles. The van der Waals surface area contributed by atoms with Crippen molar-refractivity contribution in [1.29, 1.82) is 5.26 Å². The van der Waals surface area contributed by atoms with Crippen molar-refractivity contribution < 1.29 is 9.53 Å². The summed E-state index contributed by atoms with van der Waals surface area (Å²) < 4.78 is 5.63. The first kappa shape index (κ1) is 12.8. The number of benzene rings is 2. The molecule has 3 heteroatoms. The van der Waals surface area contributed by atoms with Gasteiger partial charge in [-0.3, -0.25) is 0 Å². The van der Waals surface area contributed by atoms with Crippen molar-refractivity contribution in [3.8, 4) is 11.8 Å². The highest BCUT2D eigenvalue weighted by Gasteiger charge is 2.04. The van der Waals surface area contributed by atoms with Crippen LogP contribution in [0.2, 0.25) is 0 Å². The Hall–Kier alpha value is -2.60. The number of nitrogens with zero attached hydrogens (tertiary/aromatic N) is 1. The summed E-state index contributed by atoms with van der Waals surface area (Å²) in [6.07, 6.45) is 1.04. The number of hydrogen-bond acceptors (Lipinski definition) is 3. The van der Waals surface area contributed by atoms with Gasteiger partial charge in [0.2, 0.25) is 0 Å². The fourth-order valence-corrected chi connectivity index (χ4v) is 1.76. The van der Waals surface area contributed by atoms with Gasteiger partial charge in [-0.15, -0.1) is 0 Å². The van der Waals surface area contributed by atoms with Crippen molar-refractivity contribution >= 4 is 6.29 Å². The maximum atomic E-state index is 10.5. The van der Waals surface area contributed by atoms with Crippen LogP contribution in [0.3, 0.4) is 0 Å². The van der Waals surface area contributed by atoms with Crippen LogP contribution >= 0.6 is 0 Å². The summed E-state index contributed by atoms with van der Waals surface area (Å²) in [7, 11) is 0. The van der Waals surface area contributed by atoms with Crippen LogP contribution in [0.5, 0.6) is 5.75 Å². The van der Waals surface area contributed by atoms with E-state index in [0.29, 0.717) is 17.9 Å². The van der Waals surface area contributed by atoms with E-state index in [1.165, 1.54) is 0 Å². The molecule has 0 saturated carbocycles. The van der Waals surface area contributed by atoms with Gasteiger partial charge >= 0.3 is 0 Å². The molecule has 94 valence electrons. The Balaban J connectivity index is 2.09. The Morgan fingerprint density at radius 1 is 1.16 bits per heavy atom. The van der Waals surface area contributed by atoms with E-state index >= 15 is 0 Å². The van der Waals surface area contributed by atoms with E-state index in [1.54, 1.807) is 18.2 Å². The predicted octanol–water partition coefficient (Wildman–Crippen LogP) is 2.88. The van der Waals surface area contributed by atoms with Crippen molar-refractivity contribution in [2.24, 2.45) is 0 Å². The van der Waals surface area contributed by atoms with Gasteiger partial charge in [-0.1, -0.05) is 36.4 Å². The van der Waals surface area contributed by atoms with Crippen LogP contribution in [0.25, 0.3) is 0 Å². The molecule has 2 rings (SSSR count). The molecule has 2 aromatic rings. The van der Waals surface area contributed by atoms with Crippen molar-refractivity contribution in [1.82, 2.24) is 0 Å². The van der Waals surface area contributed by atoms with Gasteiger partial charge in [0.15, 0.2) is 0 Å². The van der Waals surface area contributed by atoms with Crippen LogP contribution in [0.4, 0.5) is 0 Å². The molecular formula is C16H13NO2. The van der Waals surface area contributed by atoms with Crippen LogP contribution in [0.1, 0.15) is 16.7 Å². The molecule has 0 aromatic heterocycles. The lowest BCUT2D eigenvalue weighted by atomic mass is 10.1. The fourth-order valence-electron chi connectivity index (χ4n) is 1.76. The Kier molecular flexibility index (Phi) is 4.30. The number of ether oxygens (including phenoxy) is 1. The Labute approximate surface area is 112 Å². The van der Waals surface area contributed by atoms with E-state index in [1.807, 2.05) is 30.3 Å². The number of rotatable bonds is 5. The number of aldehydes is 1. The summed E-state index contributed by atoms with van der Waals surface area (Å²) in [6.45, 7) is 0.457. The van der Waals surface area contributed by atoms with Gasteiger partial charge in [0.05, 0.1) is 11.6 Å².